The summed E-state index contributed by atoms with van der Waals surface area (Å²) in [6, 6.07) is 13.2. The maximum atomic E-state index is 14.5. The van der Waals surface area contributed by atoms with Gasteiger partial charge in [-0.3, -0.25) is 0 Å². The van der Waals surface area contributed by atoms with Crippen LogP contribution in [-0.4, -0.2) is 20.9 Å². The second-order valence-electron chi connectivity index (χ2n) is 6.61. The number of rotatable bonds is 6. The van der Waals surface area contributed by atoms with Crippen molar-refractivity contribution in [2.75, 3.05) is 11.6 Å². The molecule has 0 radical (unpaired) electrons. The van der Waals surface area contributed by atoms with E-state index in [0.717, 1.165) is 24.1 Å². The van der Waals surface area contributed by atoms with E-state index in [0.29, 0.717) is 29.0 Å². The van der Waals surface area contributed by atoms with Crippen LogP contribution in [0.4, 0.5) is 13.9 Å². The van der Waals surface area contributed by atoms with E-state index in [4.69, 9.17) is 10.8 Å². The molecule has 0 saturated heterocycles. The Balaban J connectivity index is 1.88. The van der Waals surface area contributed by atoms with Crippen LogP contribution in [0.2, 0.25) is 0 Å². The van der Waals surface area contributed by atoms with Gasteiger partial charge in [-0.25, -0.2) is 18.8 Å². The van der Waals surface area contributed by atoms with Crippen LogP contribution in [-0.2, 0) is 4.87 Å². The molecule has 5 nitrogen and oxygen atoms in total. The van der Waals surface area contributed by atoms with Crippen molar-refractivity contribution in [2.45, 2.75) is 24.6 Å². The fourth-order valence-corrected chi connectivity index (χ4v) is 5.44. The van der Waals surface area contributed by atoms with Gasteiger partial charge in [0.1, 0.15) is 27.4 Å². The summed E-state index contributed by atoms with van der Waals surface area (Å²) >= 11 is 2.62. The summed E-state index contributed by atoms with van der Waals surface area (Å²) in [5.41, 5.74) is 6.94. The molecule has 0 amide bonds. The Kier molecular flexibility index (Phi) is 5.62. The van der Waals surface area contributed by atoms with Crippen molar-refractivity contribution in [1.82, 2.24) is 9.36 Å². The highest BCUT2D eigenvalue weighted by atomic mass is 32.2. The molecule has 2 N–H and O–H groups in total. The molecule has 1 atom stereocenters. The smallest absolute Gasteiger partial charge is 0.227 e. The van der Waals surface area contributed by atoms with Gasteiger partial charge < -0.3 is 5.73 Å². The number of hydrazone groups is 1. The molecule has 0 fully saturated rings. The molecule has 29 heavy (non-hydrogen) atoms. The predicted molar refractivity (Wildman–Crippen MR) is 114 cm³/mol. The predicted octanol–water partition coefficient (Wildman–Crippen LogP) is 4.63. The molecule has 0 aliphatic carbocycles. The zero-order valence-electron chi connectivity index (χ0n) is 15.7. The Bertz CT molecular complexity index is 1040. The number of thioether (sulfide) groups is 1. The van der Waals surface area contributed by atoms with Crippen LogP contribution in [0, 0.1) is 18.6 Å². The van der Waals surface area contributed by atoms with E-state index < -0.39 is 16.5 Å². The average molecular weight is 432 g/mol. The number of hydrogen-bond donors (Lipinski definition) is 1. The van der Waals surface area contributed by atoms with E-state index in [2.05, 4.69) is 9.36 Å². The number of benzene rings is 2. The van der Waals surface area contributed by atoms with Gasteiger partial charge in [-0.15, -0.1) is 0 Å². The van der Waals surface area contributed by atoms with Crippen LogP contribution < -0.4 is 10.7 Å². The molecule has 1 aliphatic heterocycles. The molecule has 4 rings (SSSR count). The first-order valence-electron chi connectivity index (χ1n) is 9.13. The second kappa shape index (κ2) is 8.17. The third-order valence-electron chi connectivity index (χ3n) is 4.60. The minimum Gasteiger partial charge on any atom is -0.330 e. The number of anilines is 1. The van der Waals surface area contributed by atoms with Crippen molar-refractivity contribution in [3.63, 3.8) is 0 Å². The molecule has 0 saturated carbocycles. The largest absolute Gasteiger partial charge is 0.330 e. The number of aryl methyl sites for hydroxylation is 1. The van der Waals surface area contributed by atoms with Gasteiger partial charge in [0.25, 0.3) is 0 Å². The number of nitrogens with zero attached hydrogens (tertiary/aromatic N) is 4. The van der Waals surface area contributed by atoms with Crippen LogP contribution in [0.15, 0.2) is 53.6 Å². The molecule has 1 aromatic heterocycles. The van der Waals surface area contributed by atoms with Crippen molar-refractivity contribution in [1.29, 1.82) is 0 Å². The third-order valence-corrected chi connectivity index (χ3v) is 6.83. The Labute approximate surface area is 175 Å². The molecular weight excluding hydrogens is 412 g/mol. The van der Waals surface area contributed by atoms with E-state index in [-0.39, 0.29) is 5.56 Å². The van der Waals surface area contributed by atoms with Gasteiger partial charge in [0.15, 0.2) is 0 Å². The van der Waals surface area contributed by atoms with Crippen LogP contribution >= 0.6 is 23.3 Å². The Hall–Kier alpha value is -2.36. The summed E-state index contributed by atoms with van der Waals surface area (Å²) < 4.78 is 32.7. The van der Waals surface area contributed by atoms with Crippen LogP contribution in [0.3, 0.4) is 0 Å². The van der Waals surface area contributed by atoms with Crippen molar-refractivity contribution < 1.29 is 8.78 Å². The number of aromatic nitrogens is 2. The monoisotopic (exact) mass is 431 g/mol. The minimum atomic E-state index is -0.680. The van der Waals surface area contributed by atoms with E-state index in [1.165, 1.54) is 29.4 Å². The van der Waals surface area contributed by atoms with E-state index >= 15 is 0 Å². The zero-order chi connectivity index (χ0) is 20.4. The molecule has 1 unspecified atom stereocenters. The standard InChI is InChI=1S/C20H19F2N5S2/c1-13-24-19(29-26-13)27-20(10-5-11-23,14-6-3-2-4-7-14)28-18(25-27)16-12-15(21)8-9-17(16)22/h2-4,6-9,12H,5,10-11,23H2,1H3. The molecule has 2 aromatic carbocycles. The third kappa shape index (κ3) is 3.77. The molecule has 9 heteroatoms. The van der Waals surface area contributed by atoms with Gasteiger partial charge in [-0.2, -0.15) is 9.47 Å². The summed E-state index contributed by atoms with van der Waals surface area (Å²) in [7, 11) is 0. The highest BCUT2D eigenvalue weighted by Crippen LogP contribution is 2.52. The molecule has 2 heterocycles. The molecular formula is C20H19F2N5S2. The molecule has 1 aliphatic rings. The van der Waals surface area contributed by atoms with Crippen LogP contribution in [0.1, 0.15) is 29.8 Å². The molecule has 0 bridgehead atoms. The first-order valence-corrected chi connectivity index (χ1v) is 10.7. The van der Waals surface area contributed by atoms with Crippen molar-refractivity contribution >= 4 is 33.5 Å². The van der Waals surface area contributed by atoms with Crippen LogP contribution in [0.25, 0.3) is 0 Å². The van der Waals surface area contributed by atoms with Gasteiger partial charge in [-0.05, 0) is 50.1 Å². The van der Waals surface area contributed by atoms with Gasteiger partial charge in [0.2, 0.25) is 5.13 Å². The maximum Gasteiger partial charge on any atom is 0.227 e. The quantitative estimate of drug-likeness (QED) is 0.616. The molecule has 0 spiro atoms. The summed E-state index contributed by atoms with van der Waals surface area (Å²) in [5.74, 6) is -0.396. The highest BCUT2D eigenvalue weighted by Gasteiger charge is 2.47. The lowest BCUT2D eigenvalue weighted by Gasteiger charge is -2.35. The summed E-state index contributed by atoms with van der Waals surface area (Å²) in [6.07, 6.45) is 1.38. The zero-order valence-corrected chi connectivity index (χ0v) is 17.3. The lowest BCUT2D eigenvalue weighted by atomic mass is 10.0. The van der Waals surface area contributed by atoms with Crippen molar-refractivity contribution in [3.8, 4) is 0 Å². The van der Waals surface area contributed by atoms with Gasteiger partial charge >= 0.3 is 0 Å². The number of halogens is 2. The minimum absolute atomic E-state index is 0.131. The Morgan fingerprint density at radius 1 is 1.14 bits per heavy atom. The van der Waals surface area contributed by atoms with Gasteiger partial charge in [0, 0.05) is 17.1 Å². The summed E-state index contributed by atoms with van der Waals surface area (Å²) in [5, 5.41) is 7.48. The first kappa shape index (κ1) is 19.9. The van der Waals surface area contributed by atoms with E-state index in [1.54, 1.807) is 5.01 Å². The average Bonchev–Trinajstić information content (AvgIpc) is 3.33. The number of hydrogen-bond acceptors (Lipinski definition) is 7. The first-order chi connectivity index (χ1) is 14.0. The summed E-state index contributed by atoms with van der Waals surface area (Å²) in [6.45, 7) is 2.31. The number of nitrogens with two attached hydrogens (primary N) is 1. The fourth-order valence-electron chi connectivity index (χ4n) is 3.26. The lowest BCUT2D eigenvalue weighted by molar-refractivity contribution is 0.526. The van der Waals surface area contributed by atoms with Crippen molar-refractivity contribution in [2.24, 2.45) is 10.8 Å². The normalized spacial score (nSPS) is 18.9. The highest BCUT2D eigenvalue weighted by molar-refractivity contribution is 8.15. The lowest BCUT2D eigenvalue weighted by Crippen LogP contribution is -2.38. The SMILES string of the molecule is Cc1nsc(N2N=C(c3cc(F)ccc3F)SC2(CCCN)c2ccccc2)n1. The van der Waals surface area contributed by atoms with Gasteiger partial charge in [0.05, 0.1) is 0 Å². The Morgan fingerprint density at radius 2 is 1.93 bits per heavy atom. The molecule has 150 valence electrons. The molecule has 3 aromatic rings. The summed E-state index contributed by atoms with van der Waals surface area (Å²) in [4.78, 5) is 3.82. The van der Waals surface area contributed by atoms with E-state index in [1.807, 2.05) is 37.3 Å². The van der Waals surface area contributed by atoms with Gasteiger partial charge in [-0.1, -0.05) is 42.1 Å². The van der Waals surface area contributed by atoms with Crippen molar-refractivity contribution in [3.05, 3.63) is 77.1 Å². The fraction of sp³-hybridized carbons (Fsp3) is 0.250. The maximum absolute atomic E-state index is 14.5. The Morgan fingerprint density at radius 3 is 2.62 bits per heavy atom. The van der Waals surface area contributed by atoms with E-state index in [9.17, 15) is 8.78 Å². The second-order valence-corrected chi connectivity index (χ2v) is 8.61. The van der Waals surface area contributed by atoms with Crippen LogP contribution in [0.5, 0.6) is 0 Å². The topological polar surface area (TPSA) is 67.4 Å².